The maximum absolute atomic E-state index is 5.90. The molecule has 1 N–H and O–H groups in total. The van der Waals surface area contributed by atoms with Crippen molar-refractivity contribution in [3.05, 3.63) is 70.0 Å². The van der Waals surface area contributed by atoms with Gasteiger partial charge >= 0.3 is 0 Å². The molecule has 3 rings (SSSR count). The van der Waals surface area contributed by atoms with Crippen LogP contribution in [0.4, 0.5) is 0 Å². The lowest BCUT2D eigenvalue weighted by molar-refractivity contribution is 0.454. The number of aromatic nitrogens is 2. The van der Waals surface area contributed by atoms with Crippen LogP contribution in [0.1, 0.15) is 24.4 Å². The van der Waals surface area contributed by atoms with Gasteiger partial charge in [-0.1, -0.05) is 35.3 Å². The minimum Gasteiger partial charge on any atom is -0.419 e. The van der Waals surface area contributed by atoms with E-state index in [4.69, 9.17) is 27.6 Å². The molecule has 1 atom stereocenters. The van der Waals surface area contributed by atoms with Gasteiger partial charge in [0.2, 0.25) is 11.8 Å². The highest BCUT2D eigenvalue weighted by atomic mass is 35.5. The van der Waals surface area contributed by atoms with E-state index in [1.807, 2.05) is 36.4 Å². The molecule has 2 aromatic carbocycles. The summed E-state index contributed by atoms with van der Waals surface area (Å²) in [5.74, 6) is 1.02. The molecule has 1 aromatic heterocycles. The maximum Gasteiger partial charge on any atom is 0.247 e. The average Bonchev–Trinajstić information content (AvgIpc) is 3.03. The number of benzene rings is 2. The number of hydrogen-bond acceptors (Lipinski definition) is 4. The van der Waals surface area contributed by atoms with Crippen LogP contribution in [0.25, 0.3) is 11.5 Å². The second-order valence-electron chi connectivity index (χ2n) is 5.16. The zero-order valence-corrected chi connectivity index (χ0v) is 14.0. The van der Waals surface area contributed by atoms with Gasteiger partial charge in [0, 0.05) is 21.7 Å². The smallest absolute Gasteiger partial charge is 0.247 e. The first kappa shape index (κ1) is 16.0. The lowest BCUT2D eigenvalue weighted by Gasteiger charge is -2.12. The molecule has 0 saturated carbocycles. The van der Waals surface area contributed by atoms with Crippen molar-refractivity contribution in [3.8, 4) is 11.5 Å². The first-order valence-electron chi connectivity index (χ1n) is 7.19. The van der Waals surface area contributed by atoms with E-state index in [0.29, 0.717) is 23.3 Å². The van der Waals surface area contributed by atoms with E-state index in [1.54, 1.807) is 12.1 Å². The summed E-state index contributed by atoms with van der Waals surface area (Å²) in [6, 6.07) is 15.2. The van der Waals surface area contributed by atoms with Crippen molar-refractivity contribution in [1.82, 2.24) is 15.5 Å². The van der Waals surface area contributed by atoms with Crippen LogP contribution in [0.2, 0.25) is 10.0 Å². The third-order valence-electron chi connectivity index (χ3n) is 3.49. The van der Waals surface area contributed by atoms with Crippen molar-refractivity contribution < 1.29 is 4.42 Å². The van der Waals surface area contributed by atoms with Gasteiger partial charge in [0.15, 0.2) is 0 Å². The molecule has 1 heterocycles. The predicted octanol–water partition coefficient (Wildman–Crippen LogP) is 4.89. The molecule has 4 nitrogen and oxygen atoms in total. The van der Waals surface area contributed by atoms with Crippen molar-refractivity contribution in [1.29, 1.82) is 0 Å². The Morgan fingerprint density at radius 1 is 0.957 bits per heavy atom. The van der Waals surface area contributed by atoms with Crippen LogP contribution in [0, 0.1) is 0 Å². The van der Waals surface area contributed by atoms with Gasteiger partial charge in [0.1, 0.15) is 0 Å². The Morgan fingerprint density at radius 2 is 1.57 bits per heavy atom. The number of rotatable bonds is 5. The normalized spacial score (nSPS) is 12.3. The molecule has 0 aliphatic heterocycles. The van der Waals surface area contributed by atoms with Crippen molar-refractivity contribution in [2.45, 2.75) is 19.5 Å². The van der Waals surface area contributed by atoms with Crippen molar-refractivity contribution in [2.24, 2.45) is 0 Å². The van der Waals surface area contributed by atoms with E-state index in [1.165, 1.54) is 0 Å². The molecular weight excluding hydrogens is 333 g/mol. The number of nitrogens with one attached hydrogen (secondary N) is 1. The zero-order valence-electron chi connectivity index (χ0n) is 12.5. The molecule has 0 aliphatic rings. The van der Waals surface area contributed by atoms with Crippen LogP contribution < -0.4 is 5.32 Å². The fourth-order valence-electron chi connectivity index (χ4n) is 2.14. The molecule has 0 fully saturated rings. The molecule has 3 aromatic rings. The first-order chi connectivity index (χ1) is 11.1. The minimum absolute atomic E-state index is 0.151. The Labute approximate surface area is 144 Å². The Balaban J connectivity index is 1.63. The zero-order chi connectivity index (χ0) is 16.2. The third kappa shape index (κ3) is 4.10. The van der Waals surface area contributed by atoms with E-state index in [2.05, 4.69) is 22.4 Å². The van der Waals surface area contributed by atoms with Crippen molar-refractivity contribution in [2.75, 3.05) is 0 Å². The summed E-state index contributed by atoms with van der Waals surface area (Å²) in [7, 11) is 0. The molecule has 0 radical (unpaired) electrons. The standard InChI is InChI=1S/C17H15Cl2N3O/c1-11(12-2-6-14(18)7-3-12)20-10-16-21-22-17(23-16)13-4-8-15(19)9-5-13/h2-9,11,20H,10H2,1H3. The summed E-state index contributed by atoms with van der Waals surface area (Å²) in [6.07, 6.45) is 0. The fourth-order valence-corrected chi connectivity index (χ4v) is 2.40. The Bertz CT molecular complexity index is 769. The summed E-state index contributed by atoms with van der Waals surface area (Å²) in [5, 5.41) is 12.9. The number of hydrogen-bond donors (Lipinski definition) is 1. The lowest BCUT2D eigenvalue weighted by Crippen LogP contribution is -2.18. The summed E-state index contributed by atoms with van der Waals surface area (Å²) < 4.78 is 5.67. The second-order valence-corrected chi connectivity index (χ2v) is 6.03. The van der Waals surface area contributed by atoms with Crippen molar-refractivity contribution in [3.63, 3.8) is 0 Å². The predicted molar refractivity (Wildman–Crippen MR) is 91.5 cm³/mol. The summed E-state index contributed by atoms with van der Waals surface area (Å²) in [5.41, 5.74) is 1.99. The first-order valence-corrected chi connectivity index (χ1v) is 7.94. The molecule has 0 aliphatic carbocycles. The van der Waals surface area contributed by atoms with Gasteiger partial charge in [-0.25, -0.2) is 0 Å². The molecule has 23 heavy (non-hydrogen) atoms. The van der Waals surface area contributed by atoms with E-state index in [9.17, 15) is 0 Å². The van der Waals surface area contributed by atoms with E-state index < -0.39 is 0 Å². The monoisotopic (exact) mass is 347 g/mol. The third-order valence-corrected chi connectivity index (χ3v) is 3.99. The van der Waals surface area contributed by atoms with Crippen LogP contribution in [0.5, 0.6) is 0 Å². The number of halogens is 2. The van der Waals surface area contributed by atoms with Gasteiger partial charge in [-0.2, -0.15) is 0 Å². The molecule has 0 bridgehead atoms. The van der Waals surface area contributed by atoms with E-state index in [0.717, 1.165) is 16.1 Å². The van der Waals surface area contributed by atoms with E-state index >= 15 is 0 Å². The molecule has 118 valence electrons. The van der Waals surface area contributed by atoms with Crippen molar-refractivity contribution >= 4 is 23.2 Å². The molecule has 0 amide bonds. The minimum atomic E-state index is 0.151. The maximum atomic E-state index is 5.90. The van der Waals surface area contributed by atoms with Gasteiger partial charge in [0.25, 0.3) is 0 Å². The largest absolute Gasteiger partial charge is 0.419 e. The Kier molecular flexibility index (Phi) is 4.96. The lowest BCUT2D eigenvalue weighted by atomic mass is 10.1. The van der Waals surface area contributed by atoms with Gasteiger partial charge in [-0.15, -0.1) is 10.2 Å². The molecule has 1 unspecified atom stereocenters. The van der Waals surface area contributed by atoms with Crippen LogP contribution in [0.15, 0.2) is 52.9 Å². The summed E-state index contributed by atoms with van der Waals surface area (Å²) in [4.78, 5) is 0. The Morgan fingerprint density at radius 3 is 2.22 bits per heavy atom. The van der Waals surface area contributed by atoms with E-state index in [-0.39, 0.29) is 6.04 Å². The van der Waals surface area contributed by atoms with Crippen LogP contribution in [-0.4, -0.2) is 10.2 Å². The van der Waals surface area contributed by atoms with Gasteiger partial charge < -0.3 is 9.73 Å². The molecule has 0 saturated heterocycles. The second kappa shape index (κ2) is 7.13. The molecular formula is C17H15Cl2N3O. The fraction of sp³-hybridized carbons (Fsp3) is 0.176. The highest BCUT2D eigenvalue weighted by molar-refractivity contribution is 6.30. The summed E-state index contributed by atoms with van der Waals surface area (Å²) >= 11 is 11.8. The van der Waals surface area contributed by atoms with Crippen LogP contribution in [-0.2, 0) is 6.54 Å². The Hall–Kier alpha value is -1.88. The SMILES string of the molecule is CC(NCc1nnc(-c2ccc(Cl)cc2)o1)c1ccc(Cl)cc1. The summed E-state index contributed by atoms with van der Waals surface area (Å²) in [6.45, 7) is 2.56. The molecule has 0 spiro atoms. The van der Waals surface area contributed by atoms with Crippen LogP contribution >= 0.6 is 23.2 Å². The van der Waals surface area contributed by atoms with Crippen LogP contribution in [0.3, 0.4) is 0 Å². The number of nitrogens with zero attached hydrogens (tertiary/aromatic N) is 2. The molecule has 6 heteroatoms. The highest BCUT2D eigenvalue weighted by Gasteiger charge is 2.10. The topological polar surface area (TPSA) is 51.0 Å². The highest BCUT2D eigenvalue weighted by Crippen LogP contribution is 2.21. The average molecular weight is 348 g/mol. The quantitative estimate of drug-likeness (QED) is 0.713. The van der Waals surface area contributed by atoms with Gasteiger partial charge in [-0.05, 0) is 48.9 Å². The van der Waals surface area contributed by atoms with Gasteiger partial charge in [0.05, 0.1) is 6.54 Å². The van der Waals surface area contributed by atoms with Gasteiger partial charge in [-0.3, -0.25) is 0 Å².